The first-order chi connectivity index (χ1) is 12.7. The Balaban J connectivity index is 1.86. The monoisotopic (exact) mass is 380 g/mol. The summed E-state index contributed by atoms with van der Waals surface area (Å²) in [5.41, 5.74) is -0.728. The van der Waals surface area contributed by atoms with Crippen LogP contribution in [0.5, 0.6) is 0 Å². The van der Waals surface area contributed by atoms with Crippen LogP contribution in [0, 0.1) is 5.82 Å². The smallest absolute Gasteiger partial charge is 0.351 e. The second-order valence-corrected chi connectivity index (χ2v) is 6.59. The average molecular weight is 380 g/mol. The summed E-state index contributed by atoms with van der Waals surface area (Å²) in [7, 11) is 2.00. The number of likely N-dealkylation sites (N-methyl/N-ethyl adjacent to an activating group) is 1. The lowest BCUT2D eigenvalue weighted by Gasteiger charge is -2.38. The molecule has 0 amide bonds. The maximum atomic E-state index is 14.1. The van der Waals surface area contributed by atoms with Gasteiger partial charge in [-0.1, -0.05) is 0 Å². The number of allylic oxidation sites excluding steroid dienone is 1. The molecular formula is C17H16F4N6. The number of rotatable bonds is 0. The summed E-state index contributed by atoms with van der Waals surface area (Å²) in [5, 5.41) is 5.41. The van der Waals surface area contributed by atoms with Crippen LogP contribution in [-0.4, -0.2) is 60.6 Å². The molecular weight excluding hydrogens is 364 g/mol. The number of aliphatic imine (C=N–C) groups is 2. The normalized spacial score (nSPS) is 20.0. The summed E-state index contributed by atoms with van der Waals surface area (Å²) in [6.45, 7) is 4.58. The highest BCUT2D eigenvalue weighted by Crippen LogP contribution is 2.41. The zero-order valence-electron chi connectivity index (χ0n) is 14.7. The van der Waals surface area contributed by atoms with Gasteiger partial charge in [-0.25, -0.2) is 19.4 Å². The van der Waals surface area contributed by atoms with E-state index < -0.39 is 17.6 Å². The lowest BCUT2D eigenvalue weighted by molar-refractivity contribution is -0.139. The Morgan fingerprint density at radius 1 is 1.04 bits per heavy atom. The Morgan fingerprint density at radius 2 is 1.74 bits per heavy atom. The summed E-state index contributed by atoms with van der Waals surface area (Å²) in [6, 6.07) is 1.52. The lowest BCUT2D eigenvalue weighted by atomic mass is 10.1. The SMILES string of the molecule is CC1=C=NN2C(=N1)C(N1CCN(C)CC1)=Nc1cc(C(F)(F)F)c(F)cc12. The van der Waals surface area contributed by atoms with E-state index in [0.29, 0.717) is 30.5 Å². The molecule has 1 fully saturated rings. The zero-order valence-corrected chi connectivity index (χ0v) is 14.7. The number of hydrogen-bond acceptors (Lipinski definition) is 6. The highest BCUT2D eigenvalue weighted by molar-refractivity contribution is 6.47. The molecule has 0 unspecified atom stereocenters. The van der Waals surface area contributed by atoms with E-state index in [4.69, 9.17) is 0 Å². The van der Waals surface area contributed by atoms with E-state index in [-0.39, 0.29) is 11.4 Å². The number of hydrogen-bond donors (Lipinski definition) is 0. The number of anilines is 1. The highest BCUT2D eigenvalue weighted by Gasteiger charge is 2.38. The van der Waals surface area contributed by atoms with Gasteiger partial charge >= 0.3 is 6.18 Å². The molecule has 0 spiro atoms. The Bertz CT molecular complexity index is 918. The molecule has 0 saturated carbocycles. The molecule has 142 valence electrons. The number of hydrazone groups is 1. The predicted octanol–water partition coefficient (Wildman–Crippen LogP) is 2.84. The Kier molecular flexibility index (Phi) is 4.05. The van der Waals surface area contributed by atoms with Crippen molar-refractivity contribution >= 4 is 28.9 Å². The van der Waals surface area contributed by atoms with Crippen LogP contribution < -0.4 is 5.01 Å². The Hall–Kier alpha value is -2.71. The molecule has 1 aromatic rings. The molecule has 27 heavy (non-hydrogen) atoms. The van der Waals surface area contributed by atoms with Crippen molar-refractivity contribution in [2.75, 3.05) is 38.2 Å². The number of fused-ring (bicyclic) bond motifs is 3. The van der Waals surface area contributed by atoms with Gasteiger partial charge in [0.1, 0.15) is 11.5 Å². The molecule has 6 nitrogen and oxygen atoms in total. The van der Waals surface area contributed by atoms with Crippen LogP contribution in [0.4, 0.5) is 28.9 Å². The maximum absolute atomic E-state index is 14.1. The first-order valence-electron chi connectivity index (χ1n) is 8.36. The quantitative estimate of drug-likeness (QED) is 0.651. The maximum Gasteiger partial charge on any atom is 0.419 e. The fourth-order valence-corrected chi connectivity index (χ4v) is 3.14. The number of amidine groups is 2. The number of piperazine rings is 1. The van der Waals surface area contributed by atoms with Crippen molar-refractivity contribution in [3.05, 3.63) is 29.2 Å². The molecule has 4 rings (SSSR count). The van der Waals surface area contributed by atoms with Gasteiger partial charge in [-0.3, -0.25) is 0 Å². The van der Waals surface area contributed by atoms with Crippen molar-refractivity contribution in [3.63, 3.8) is 0 Å². The van der Waals surface area contributed by atoms with E-state index in [1.54, 1.807) is 6.92 Å². The van der Waals surface area contributed by atoms with Crippen LogP contribution in [0.15, 0.2) is 32.9 Å². The zero-order chi connectivity index (χ0) is 19.3. The minimum absolute atomic E-state index is 0.00158. The number of nitrogens with zero attached hydrogens (tertiary/aromatic N) is 6. The minimum atomic E-state index is -4.81. The van der Waals surface area contributed by atoms with E-state index in [1.807, 2.05) is 11.9 Å². The summed E-state index contributed by atoms with van der Waals surface area (Å²) in [4.78, 5) is 12.9. The van der Waals surface area contributed by atoms with E-state index in [9.17, 15) is 17.6 Å². The third kappa shape index (κ3) is 3.11. The van der Waals surface area contributed by atoms with Crippen LogP contribution in [-0.2, 0) is 6.18 Å². The third-order valence-electron chi connectivity index (χ3n) is 4.61. The molecule has 0 aliphatic carbocycles. The van der Waals surface area contributed by atoms with E-state index >= 15 is 0 Å². The Morgan fingerprint density at radius 3 is 2.41 bits per heavy atom. The van der Waals surface area contributed by atoms with Crippen LogP contribution >= 0.6 is 0 Å². The summed E-state index contributed by atoms with van der Waals surface area (Å²) in [5.74, 6) is 2.09. The van der Waals surface area contributed by atoms with Gasteiger partial charge in [0.25, 0.3) is 0 Å². The lowest BCUT2D eigenvalue weighted by Crippen LogP contribution is -2.53. The van der Waals surface area contributed by atoms with Gasteiger partial charge in [0, 0.05) is 38.1 Å². The van der Waals surface area contributed by atoms with E-state index in [1.165, 1.54) is 5.01 Å². The molecule has 0 N–H and O–H groups in total. The molecule has 0 bridgehead atoms. The highest BCUT2D eigenvalue weighted by atomic mass is 19.4. The van der Waals surface area contributed by atoms with Gasteiger partial charge in [0.2, 0.25) is 0 Å². The first-order valence-corrected chi connectivity index (χ1v) is 8.36. The fourth-order valence-electron chi connectivity index (χ4n) is 3.14. The van der Waals surface area contributed by atoms with Crippen LogP contribution in [0.1, 0.15) is 12.5 Å². The van der Waals surface area contributed by atoms with Crippen molar-refractivity contribution in [3.8, 4) is 0 Å². The fraction of sp³-hybridized carbons (Fsp3) is 0.412. The summed E-state index contributed by atoms with van der Waals surface area (Å²) >= 11 is 0. The summed E-state index contributed by atoms with van der Waals surface area (Å²) in [6.07, 6.45) is -4.81. The Labute approximate surface area is 152 Å². The number of halogens is 4. The van der Waals surface area contributed by atoms with Crippen molar-refractivity contribution in [2.45, 2.75) is 13.1 Å². The number of alkyl halides is 3. The number of benzene rings is 1. The third-order valence-corrected chi connectivity index (χ3v) is 4.61. The summed E-state index contributed by atoms with van der Waals surface area (Å²) < 4.78 is 53.4. The standard InChI is InChI=1S/C17H16F4N6/c1-10-9-22-27-14-8-12(18)11(17(19,20)21)7-13(14)24-15(16(27)23-10)26-5-3-25(2)4-6-26/h7-8H,3-6H2,1-2H3. The van der Waals surface area contributed by atoms with Crippen molar-refractivity contribution < 1.29 is 17.6 Å². The molecule has 3 heterocycles. The molecule has 0 atom stereocenters. The van der Waals surface area contributed by atoms with Gasteiger partial charge in [-0.15, -0.1) is 5.10 Å². The topological polar surface area (TPSA) is 46.8 Å². The van der Waals surface area contributed by atoms with Gasteiger partial charge in [-0.2, -0.15) is 13.2 Å². The van der Waals surface area contributed by atoms with Crippen molar-refractivity contribution in [1.29, 1.82) is 0 Å². The predicted molar refractivity (Wildman–Crippen MR) is 94.1 cm³/mol. The van der Waals surface area contributed by atoms with Gasteiger partial charge in [-0.05, 0) is 20.0 Å². The van der Waals surface area contributed by atoms with E-state index in [0.717, 1.165) is 25.2 Å². The van der Waals surface area contributed by atoms with Crippen LogP contribution in [0.25, 0.3) is 0 Å². The second kappa shape index (κ2) is 6.17. The van der Waals surface area contributed by atoms with Crippen molar-refractivity contribution in [2.24, 2.45) is 15.1 Å². The van der Waals surface area contributed by atoms with Gasteiger partial charge in [0.15, 0.2) is 11.7 Å². The molecule has 3 aliphatic heterocycles. The molecule has 1 aromatic carbocycles. The molecule has 1 saturated heterocycles. The first kappa shape index (κ1) is 17.7. The molecule has 0 aromatic heterocycles. The molecule has 3 aliphatic rings. The van der Waals surface area contributed by atoms with Gasteiger partial charge < -0.3 is 9.80 Å². The average Bonchev–Trinajstić information content (AvgIpc) is 2.60. The second-order valence-electron chi connectivity index (χ2n) is 6.59. The van der Waals surface area contributed by atoms with Crippen LogP contribution in [0.3, 0.4) is 0 Å². The molecule has 0 radical (unpaired) electrons. The largest absolute Gasteiger partial charge is 0.419 e. The van der Waals surface area contributed by atoms with Crippen LogP contribution in [0.2, 0.25) is 0 Å². The van der Waals surface area contributed by atoms with E-state index in [2.05, 4.69) is 25.9 Å². The van der Waals surface area contributed by atoms with Gasteiger partial charge in [0.05, 0.1) is 16.9 Å². The van der Waals surface area contributed by atoms with Crippen molar-refractivity contribution in [1.82, 2.24) is 9.80 Å². The molecule has 10 heteroatoms. The minimum Gasteiger partial charge on any atom is -0.351 e.